The van der Waals surface area contributed by atoms with Crippen LogP contribution in [-0.2, 0) is 12.8 Å². The Hall–Kier alpha value is -2.87. The van der Waals surface area contributed by atoms with E-state index >= 15 is 0 Å². The fourth-order valence-corrected chi connectivity index (χ4v) is 3.35. The van der Waals surface area contributed by atoms with E-state index in [1.54, 1.807) is 0 Å². The summed E-state index contributed by atoms with van der Waals surface area (Å²) in [5.41, 5.74) is 6.88. The Labute approximate surface area is 167 Å². The van der Waals surface area contributed by atoms with E-state index in [1.165, 1.54) is 33.9 Å². The molecule has 1 heterocycles. The first kappa shape index (κ1) is 19.9. The van der Waals surface area contributed by atoms with E-state index in [0.29, 0.717) is 5.58 Å². The zero-order valence-corrected chi connectivity index (χ0v) is 17.0. The molecule has 0 fully saturated rings. The van der Waals surface area contributed by atoms with Crippen LogP contribution in [0, 0.1) is 0 Å². The summed E-state index contributed by atoms with van der Waals surface area (Å²) in [7, 11) is 0. The molecule has 0 aliphatic carbocycles. The summed E-state index contributed by atoms with van der Waals surface area (Å²) >= 11 is 0. The van der Waals surface area contributed by atoms with Crippen molar-refractivity contribution in [1.82, 2.24) is 0 Å². The van der Waals surface area contributed by atoms with Crippen molar-refractivity contribution in [1.29, 1.82) is 0 Å². The molecule has 0 saturated carbocycles. The monoisotopic (exact) mass is 372 g/mol. The molecule has 0 unspecified atom stereocenters. The lowest BCUT2D eigenvalue weighted by Crippen LogP contribution is -1.99. The van der Waals surface area contributed by atoms with E-state index in [2.05, 4.69) is 63.3 Å². The zero-order chi connectivity index (χ0) is 19.9. The van der Waals surface area contributed by atoms with Crippen molar-refractivity contribution in [2.45, 2.75) is 46.5 Å². The van der Waals surface area contributed by atoms with Crippen molar-refractivity contribution in [3.63, 3.8) is 0 Å². The van der Waals surface area contributed by atoms with Crippen molar-refractivity contribution < 1.29 is 4.42 Å². The molecule has 0 amide bonds. The molecule has 2 nitrogen and oxygen atoms in total. The van der Waals surface area contributed by atoms with Gasteiger partial charge in [0.05, 0.1) is 0 Å². The Morgan fingerprint density at radius 2 is 1.71 bits per heavy atom. The first-order chi connectivity index (χ1) is 13.5. The minimum absolute atomic E-state index is 0.305. The number of allylic oxidation sites excluding steroid dienone is 4. The van der Waals surface area contributed by atoms with Crippen molar-refractivity contribution in [3.8, 4) is 0 Å². The minimum atomic E-state index is -0.305. The molecule has 0 aliphatic rings. The lowest BCUT2D eigenvalue weighted by atomic mass is 9.95. The van der Waals surface area contributed by atoms with Crippen LogP contribution in [0.1, 0.15) is 50.3 Å². The Bertz CT molecular complexity index is 1050. The van der Waals surface area contributed by atoms with Crippen LogP contribution in [0.5, 0.6) is 0 Å². The van der Waals surface area contributed by atoms with Gasteiger partial charge >= 0.3 is 5.63 Å². The van der Waals surface area contributed by atoms with Gasteiger partial charge in [-0.15, -0.1) is 0 Å². The highest BCUT2D eigenvalue weighted by atomic mass is 16.4. The summed E-state index contributed by atoms with van der Waals surface area (Å²) in [6, 6.07) is 18.0. The van der Waals surface area contributed by atoms with E-state index in [-0.39, 0.29) is 5.63 Å². The SMILES string of the molecule is CC(C)=CCC/C(C)=C/Cc1cc2ccc(=O)oc2cc1Cc1ccccc1. The molecule has 0 saturated heterocycles. The van der Waals surface area contributed by atoms with E-state index < -0.39 is 0 Å². The van der Waals surface area contributed by atoms with Gasteiger partial charge in [-0.3, -0.25) is 0 Å². The summed E-state index contributed by atoms with van der Waals surface area (Å²) in [5, 5.41) is 0.974. The van der Waals surface area contributed by atoms with Crippen molar-refractivity contribution >= 4 is 11.0 Å². The van der Waals surface area contributed by atoms with E-state index in [0.717, 1.165) is 31.1 Å². The van der Waals surface area contributed by atoms with Crippen LogP contribution in [0.25, 0.3) is 11.0 Å². The average Bonchev–Trinajstić information content (AvgIpc) is 2.67. The third kappa shape index (κ3) is 5.56. The maximum absolute atomic E-state index is 11.6. The van der Waals surface area contributed by atoms with E-state index in [4.69, 9.17) is 4.42 Å². The van der Waals surface area contributed by atoms with Crippen LogP contribution < -0.4 is 5.63 Å². The Morgan fingerprint density at radius 1 is 0.929 bits per heavy atom. The number of fused-ring (bicyclic) bond motifs is 1. The van der Waals surface area contributed by atoms with Crippen LogP contribution in [0.2, 0.25) is 0 Å². The average molecular weight is 373 g/mol. The Morgan fingerprint density at radius 3 is 2.46 bits per heavy atom. The summed E-state index contributed by atoms with van der Waals surface area (Å²) < 4.78 is 5.42. The molecule has 2 heteroatoms. The topological polar surface area (TPSA) is 30.2 Å². The molecule has 3 rings (SSSR count). The molecule has 144 valence electrons. The summed E-state index contributed by atoms with van der Waals surface area (Å²) in [6.07, 6.45) is 8.50. The van der Waals surface area contributed by atoms with Crippen LogP contribution in [0.3, 0.4) is 0 Å². The fourth-order valence-electron chi connectivity index (χ4n) is 3.35. The fraction of sp³-hybridized carbons (Fsp3) is 0.269. The molecule has 0 aliphatic heterocycles. The van der Waals surface area contributed by atoms with Crippen LogP contribution in [-0.4, -0.2) is 0 Å². The minimum Gasteiger partial charge on any atom is -0.423 e. The number of rotatable bonds is 7. The van der Waals surface area contributed by atoms with Crippen molar-refractivity contribution in [2.75, 3.05) is 0 Å². The number of hydrogen-bond donors (Lipinski definition) is 0. The van der Waals surface area contributed by atoms with Gasteiger partial charge in [0.25, 0.3) is 0 Å². The van der Waals surface area contributed by atoms with Gasteiger partial charge < -0.3 is 4.42 Å². The highest BCUT2D eigenvalue weighted by molar-refractivity contribution is 5.78. The summed E-state index contributed by atoms with van der Waals surface area (Å²) in [5.74, 6) is 0. The van der Waals surface area contributed by atoms with E-state index in [9.17, 15) is 4.79 Å². The second kappa shape index (κ2) is 9.36. The van der Waals surface area contributed by atoms with E-state index in [1.807, 2.05) is 18.2 Å². The highest BCUT2D eigenvalue weighted by Crippen LogP contribution is 2.23. The van der Waals surface area contributed by atoms with Gasteiger partial charge in [0.2, 0.25) is 0 Å². The second-order valence-corrected chi connectivity index (χ2v) is 7.65. The predicted molar refractivity (Wildman–Crippen MR) is 118 cm³/mol. The molecule has 0 N–H and O–H groups in total. The van der Waals surface area contributed by atoms with Crippen molar-refractivity contribution in [3.05, 3.63) is 105 Å². The number of benzene rings is 2. The normalized spacial score (nSPS) is 11.6. The molecule has 3 aromatic rings. The first-order valence-electron chi connectivity index (χ1n) is 9.90. The molecular weight excluding hydrogens is 344 g/mol. The molecule has 0 spiro atoms. The standard InChI is InChI=1S/C26H28O2/c1-19(2)8-7-9-20(3)12-13-22-17-23-14-15-26(27)28-25(23)18-24(22)16-21-10-5-4-6-11-21/h4-6,8,10-12,14-15,17-18H,7,9,13,16H2,1-3H3/b20-12+. The van der Waals surface area contributed by atoms with Gasteiger partial charge in [0.15, 0.2) is 0 Å². The van der Waals surface area contributed by atoms with Gasteiger partial charge in [-0.2, -0.15) is 0 Å². The van der Waals surface area contributed by atoms with Gasteiger partial charge in [-0.1, -0.05) is 53.6 Å². The first-order valence-corrected chi connectivity index (χ1v) is 9.90. The van der Waals surface area contributed by atoms with Gasteiger partial charge in [-0.25, -0.2) is 4.79 Å². The molecule has 1 aromatic heterocycles. The van der Waals surface area contributed by atoms with Crippen molar-refractivity contribution in [2.24, 2.45) is 0 Å². The Balaban J connectivity index is 1.90. The number of hydrogen-bond acceptors (Lipinski definition) is 2. The maximum Gasteiger partial charge on any atom is 0.336 e. The molecule has 0 atom stereocenters. The molecule has 0 bridgehead atoms. The largest absolute Gasteiger partial charge is 0.423 e. The van der Waals surface area contributed by atoms with Crippen LogP contribution >= 0.6 is 0 Å². The maximum atomic E-state index is 11.6. The quantitative estimate of drug-likeness (QED) is 0.345. The summed E-state index contributed by atoms with van der Waals surface area (Å²) in [4.78, 5) is 11.6. The molecular formula is C26H28O2. The van der Waals surface area contributed by atoms with Gasteiger partial charge in [0, 0.05) is 11.5 Å². The zero-order valence-electron chi connectivity index (χ0n) is 17.0. The second-order valence-electron chi connectivity index (χ2n) is 7.65. The van der Waals surface area contributed by atoms with Crippen LogP contribution in [0.15, 0.2) is 87.1 Å². The highest BCUT2D eigenvalue weighted by Gasteiger charge is 2.08. The third-order valence-corrected chi connectivity index (χ3v) is 4.94. The Kier molecular flexibility index (Phi) is 6.65. The molecule has 2 aromatic carbocycles. The third-order valence-electron chi connectivity index (χ3n) is 4.94. The predicted octanol–water partition coefficient (Wildman–Crippen LogP) is 6.62. The summed E-state index contributed by atoms with van der Waals surface area (Å²) in [6.45, 7) is 6.49. The van der Waals surface area contributed by atoms with Gasteiger partial charge in [-0.05, 0) is 81.3 Å². The smallest absolute Gasteiger partial charge is 0.336 e. The molecule has 0 radical (unpaired) electrons. The molecule has 28 heavy (non-hydrogen) atoms. The van der Waals surface area contributed by atoms with Gasteiger partial charge in [0.1, 0.15) is 5.58 Å². The van der Waals surface area contributed by atoms with Crippen LogP contribution in [0.4, 0.5) is 0 Å². The lowest BCUT2D eigenvalue weighted by molar-refractivity contribution is 0.560. The lowest BCUT2D eigenvalue weighted by Gasteiger charge is -2.11.